The number of carbonyl (C=O) groups is 2. The molecule has 156 valence electrons. The number of nitrogens with one attached hydrogen (secondary N) is 1. The number of rotatable bonds is 8. The third kappa shape index (κ3) is 5.42. The third-order valence-corrected chi connectivity index (χ3v) is 6.02. The van der Waals surface area contributed by atoms with E-state index in [1.54, 1.807) is 5.38 Å². The monoisotopic (exact) mass is 440 g/mol. The van der Waals surface area contributed by atoms with E-state index in [1.165, 1.54) is 25.5 Å². The van der Waals surface area contributed by atoms with Crippen molar-refractivity contribution in [3.63, 3.8) is 0 Å². The molecular formula is C17H20N4O6S2. The fourth-order valence-corrected chi connectivity index (χ4v) is 4.42. The molecule has 0 spiro atoms. The Morgan fingerprint density at radius 1 is 1.41 bits per heavy atom. The van der Waals surface area contributed by atoms with E-state index < -0.39 is 22.3 Å². The number of aliphatic hydroxyl groups is 1. The molecule has 1 fully saturated rings. The standard InChI is InChI=1S/C17H20N4O6S2/c1-9(22)11-3-15(28-7-11)16(24)13-5-19-8-20-17(13)21-12-2-10(14(23)4-12)6-27-29(18,25)26/h3,5,7-8,10,12,14,23H,2,4,6H2,1H3,(H2,18,25,26)(H,19,20,21)/t10-,12-,14+/m1/s1. The zero-order valence-electron chi connectivity index (χ0n) is 15.4. The molecule has 0 saturated heterocycles. The smallest absolute Gasteiger partial charge is 0.333 e. The number of nitrogens with two attached hydrogens (primary N) is 1. The van der Waals surface area contributed by atoms with Crippen molar-refractivity contribution in [2.75, 3.05) is 11.9 Å². The second-order valence-electron chi connectivity index (χ2n) is 6.79. The second-order valence-corrected chi connectivity index (χ2v) is 8.92. The number of hydrogen-bond donors (Lipinski definition) is 3. The van der Waals surface area contributed by atoms with Gasteiger partial charge in [-0.25, -0.2) is 15.1 Å². The lowest BCUT2D eigenvalue weighted by atomic mass is 10.1. The minimum Gasteiger partial charge on any atom is -0.393 e. The minimum atomic E-state index is -4.08. The van der Waals surface area contributed by atoms with Gasteiger partial charge in [-0.05, 0) is 25.8 Å². The van der Waals surface area contributed by atoms with E-state index in [9.17, 15) is 23.1 Å². The summed E-state index contributed by atoms with van der Waals surface area (Å²) in [5.41, 5.74) is 0.699. The van der Waals surface area contributed by atoms with Gasteiger partial charge in [0.05, 0.1) is 23.2 Å². The molecule has 2 aromatic heterocycles. The molecule has 0 aliphatic heterocycles. The normalized spacial score (nSPS) is 21.8. The highest BCUT2D eigenvalue weighted by atomic mass is 32.2. The lowest BCUT2D eigenvalue weighted by Crippen LogP contribution is -2.24. The summed E-state index contributed by atoms with van der Waals surface area (Å²) in [6, 6.07) is 1.28. The van der Waals surface area contributed by atoms with Gasteiger partial charge < -0.3 is 10.4 Å². The molecule has 0 amide bonds. The fraction of sp³-hybridized carbons (Fsp3) is 0.412. The number of aromatic nitrogens is 2. The molecule has 3 atom stereocenters. The van der Waals surface area contributed by atoms with Crippen molar-refractivity contribution < 1.29 is 27.3 Å². The van der Waals surface area contributed by atoms with E-state index in [-0.39, 0.29) is 29.8 Å². The Kier molecular flexibility index (Phi) is 6.39. The van der Waals surface area contributed by atoms with Gasteiger partial charge in [0.15, 0.2) is 5.78 Å². The predicted octanol–water partition coefficient (Wildman–Crippen LogP) is 0.743. The maximum atomic E-state index is 12.8. The summed E-state index contributed by atoms with van der Waals surface area (Å²) in [6.45, 7) is 1.20. The number of ketones is 2. The molecule has 10 nitrogen and oxygen atoms in total. The molecule has 0 unspecified atom stereocenters. The van der Waals surface area contributed by atoms with Crippen LogP contribution in [0.1, 0.15) is 45.4 Å². The lowest BCUT2D eigenvalue weighted by Gasteiger charge is -2.15. The Morgan fingerprint density at radius 3 is 2.83 bits per heavy atom. The fourth-order valence-electron chi connectivity index (χ4n) is 3.16. The third-order valence-electron chi connectivity index (χ3n) is 4.63. The topological polar surface area (TPSA) is 162 Å². The summed E-state index contributed by atoms with van der Waals surface area (Å²) < 4.78 is 26.5. The molecule has 1 saturated carbocycles. The molecule has 3 rings (SSSR count). The molecule has 29 heavy (non-hydrogen) atoms. The van der Waals surface area contributed by atoms with Crippen molar-refractivity contribution in [2.45, 2.75) is 31.9 Å². The van der Waals surface area contributed by atoms with E-state index in [0.29, 0.717) is 29.1 Å². The van der Waals surface area contributed by atoms with E-state index in [4.69, 9.17) is 5.14 Å². The Hall–Kier alpha value is -2.25. The van der Waals surface area contributed by atoms with Crippen LogP contribution in [-0.4, -0.2) is 53.8 Å². The lowest BCUT2D eigenvalue weighted by molar-refractivity contribution is 0.100. The first-order chi connectivity index (χ1) is 13.6. The molecule has 1 aliphatic rings. The van der Waals surface area contributed by atoms with Crippen LogP contribution in [-0.2, 0) is 14.5 Å². The van der Waals surface area contributed by atoms with Gasteiger partial charge in [-0.3, -0.25) is 13.8 Å². The first-order valence-electron chi connectivity index (χ1n) is 8.70. The highest BCUT2D eigenvalue weighted by Crippen LogP contribution is 2.30. The van der Waals surface area contributed by atoms with Gasteiger partial charge >= 0.3 is 10.3 Å². The van der Waals surface area contributed by atoms with Crippen molar-refractivity contribution in [1.82, 2.24) is 9.97 Å². The summed E-state index contributed by atoms with van der Waals surface area (Å²) in [5, 5.41) is 19.7. The van der Waals surface area contributed by atoms with E-state index in [0.717, 1.165) is 11.3 Å². The SMILES string of the molecule is CC(=O)c1csc(C(=O)c2cncnc2N[C@@H]2C[C@H](COS(N)(=O)=O)[C@@H](O)C2)c1. The summed E-state index contributed by atoms with van der Waals surface area (Å²) >= 11 is 1.16. The van der Waals surface area contributed by atoms with Crippen LogP contribution >= 0.6 is 11.3 Å². The Bertz CT molecular complexity index is 1020. The first-order valence-corrected chi connectivity index (χ1v) is 11.0. The number of aliphatic hydroxyl groups excluding tert-OH is 1. The van der Waals surface area contributed by atoms with Gasteiger partial charge in [-0.2, -0.15) is 8.42 Å². The number of hydrogen-bond acceptors (Lipinski definition) is 10. The quantitative estimate of drug-likeness (QED) is 0.503. The van der Waals surface area contributed by atoms with Gasteiger partial charge in [-0.15, -0.1) is 11.3 Å². The molecule has 4 N–H and O–H groups in total. The average molecular weight is 441 g/mol. The van der Waals surface area contributed by atoms with Crippen LogP contribution in [0.4, 0.5) is 5.82 Å². The van der Waals surface area contributed by atoms with Crippen molar-refractivity contribution in [1.29, 1.82) is 0 Å². The van der Waals surface area contributed by atoms with Crippen LogP contribution in [0.2, 0.25) is 0 Å². The molecule has 0 radical (unpaired) electrons. The van der Waals surface area contributed by atoms with Gasteiger partial charge in [0.25, 0.3) is 0 Å². The molecule has 1 aliphatic carbocycles. The highest BCUT2D eigenvalue weighted by Gasteiger charge is 2.34. The van der Waals surface area contributed by atoms with Crippen LogP contribution in [0.15, 0.2) is 24.0 Å². The van der Waals surface area contributed by atoms with E-state index in [1.807, 2.05) is 0 Å². The summed E-state index contributed by atoms with van der Waals surface area (Å²) in [7, 11) is -4.08. The predicted molar refractivity (Wildman–Crippen MR) is 105 cm³/mol. The van der Waals surface area contributed by atoms with Crippen LogP contribution in [0.5, 0.6) is 0 Å². The number of thiophene rings is 1. The van der Waals surface area contributed by atoms with Crippen LogP contribution < -0.4 is 10.5 Å². The van der Waals surface area contributed by atoms with Crippen molar-refractivity contribution in [2.24, 2.45) is 11.1 Å². The average Bonchev–Trinajstić information content (AvgIpc) is 3.26. The zero-order valence-corrected chi connectivity index (χ0v) is 17.1. The van der Waals surface area contributed by atoms with Gasteiger partial charge in [0.2, 0.25) is 5.78 Å². The molecule has 12 heteroatoms. The van der Waals surface area contributed by atoms with Gasteiger partial charge in [-0.1, -0.05) is 0 Å². The summed E-state index contributed by atoms with van der Waals surface area (Å²) in [6.07, 6.45) is 2.62. The van der Waals surface area contributed by atoms with E-state index in [2.05, 4.69) is 19.5 Å². The Balaban J connectivity index is 1.72. The van der Waals surface area contributed by atoms with E-state index >= 15 is 0 Å². The van der Waals surface area contributed by atoms with Crippen LogP contribution in [0.3, 0.4) is 0 Å². The molecule has 2 heterocycles. The number of anilines is 1. The minimum absolute atomic E-state index is 0.129. The van der Waals surface area contributed by atoms with Gasteiger partial charge in [0.1, 0.15) is 12.1 Å². The van der Waals surface area contributed by atoms with Gasteiger partial charge in [0, 0.05) is 29.1 Å². The van der Waals surface area contributed by atoms with Crippen molar-refractivity contribution >= 4 is 39.0 Å². The maximum absolute atomic E-state index is 12.8. The number of carbonyl (C=O) groups excluding carboxylic acids is 2. The molecule has 0 bridgehead atoms. The van der Waals surface area contributed by atoms with Crippen LogP contribution in [0.25, 0.3) is 0 Å². The van der Waals surface area contributed by atoms with Crippen molar-refractivity contribution in [3.8, 4) is 0 Å². The number of nitrogens with zero attached hydrogens (tertiary/aromatic N) is 2. The Morgan fingerprint density at radius 2 is 2.17 bits per heavy atom. The van der Waals surface area contributed by atoms with Crippen LogP contribution in [0, 0.1) is 5.92 Å². The zero-order chi connectivity index (χ0) is 21.2. The second kappa shape index (κ2) is 8.63. The molecular weight excluding hydrogens is 420 g/mol. The highest BCUT2D eigenvalue weighted by molar-refractivity contribution is 7.84. The molecule has 0 aromatic carbocycles. The number of Topliss-reactive ketones (excluding diaryl/α,β-unsaturated/α-hetero) is 1. The first kappa shape index (κ1) is 21.5. The van der Waals surface area contributed by atoms with Crippen molar-refractivity contribution in [3.05, 3.63) is 40.0 Å². The summed E-state index contributed by atoms with van der Waals surface area (Å²) in [4.78, 5) is 32.7. The Labute approximate surface area is 171 Å². The summed E-state index contributed by atoms with van der Waals surface area (Å²) in [5.74, 6) is -0.580. The molecule has 2 aromatic rings. The maximum Gasteiger partial charge on any atom is 0.333 e. The largest absolute Gasteiger partial charge is 0.393 e.